The molecule has 4 nitrogen and oxygen atoms in total. The third-order valence-corrected chi connectivity index (χ3v) is 5.06. The zero-order chi connectivity index (χ0) is 16.6. The summed E-state index contributed by atoms with van der Waals surface area (Å²) >= 11 is 12.2. The Labute approximate surface area is 144 Å². The van der Waals surface area contributed by atoms with E-state index in [9.17, 15) is 9.59 Å². The Balaban J connectivity index is 2.05. The number of hydrogen-bond acceptors (Lipinski definition) is 4. The Morgan fingerprint density at radius 2 is 1.96 bits per heavy atom. The van der Waals surface area contributed by atoms with Crippen molar-refractivity contribution in [1.29, 1.82) is 0 Å². The molecule has 1 saturated carbocycles. The van der Waals surface area contributed by atoms with Crippen LogP contribution in [-0.4, -0.2) is 23.2 Å². The van der Waals surface area contributed by atoms with Gasteiger partial charge in [0.1, 0.15) is 11.5 Å². The van der Waals surface area contributed by atoms with Gasteiger partial charge in [-0.1, -0.05) is 48.5 Å². The highest BCUT2D eigenvalue weighted by Gasteiger charge is 2.52. The van der Waals surface area contributed by atoms with Crippen molar-refractivity contribution in [3.63, 3.8) is 0 Å². The zero-order valence-corrected chi connectivity index (χ0v) is 14.3. The van der Waals surface area contributed by atoms with Crippen LogP contribution in [0.25, 0.3) is 0 Å². The summed E-state index contributed by atoms with van der Waals surface area (Å²) in [6.45, 7) is 1.30. The number of esters is 1. The molecule has 1 atom stereocenters. The lowest BCUT2D eigenvalue weighted by molar-refractivity contribution is -0.133. The van der Waals surface area contributed by atoms with Gasteiger partial charge in [0.05, 0.1) is 0 Å². The second-order valence-electron chi connectivity index (χ2n) is 6.10. The standard InChI is InChI=1S/C17H17Cl2NO3/c1-10(21)23-16-14(12-6-5-11(18)9-13(12)19)15(22)17(20-16)7-3-2-4-8-17/h5-6,9,14H,2-4,7-8H2,1H3. The number of benzene rings is 1. The molecule has 3 rings (SSSR count). The first-order valence-electron chi connectivity index (χ1n) is 7.70. The highest BCUT2D eigenvalue weighted by Crippen LogP contribution is 2.44. The fourth-order valence-corrected chi connectivity index (χ4v) is 3.96. The number of rotatable bonds is 1. The number of carbonyl (C=O) groups excluding carboxylic acids is 2. The van der Waals surface area contributed by atoms with Gasteiger partial charge in [-0.25, -0.2) is 4.99 Å². The van der Waals surface area contributed by atoms with Crippen LogP contribution in [-0.2, 0) is 14.3 Å². The van der Waals surface area contributed by atoms with E-state index < -0.39 is 17.4 Å². The number of carbonyl (C=O) groups is 2. The first-order chi connectivity index (χ1) is 10.9. The van der Waals surface area contributed by atoms with Crippen molar-refractivity contribution < 1.29 is 14.3 Å². The number of ketones is 1. The lowest BCUT2D eigenvalue weighted by Crippen LogP contribution is -2.37. The van der Waals surface area contributed by atoms with Crippen molar-refractivity contribution in [2.24, 2.45) is 4.99 Å². The molecule has 1 spiro atoms. The second-order valence-corrected chi connectivity index (χ2v) is 6.94. The van der Waals surface area contributed by atoms with Crippen molar-refractivity contribution >= 4 is 40.9 Å². The molecule has 1 aliphatic heterocycles. The third kappa shape index (κ3) is 3.02. The maximum atomic E-state index is 13.1. The topological polar surface area (TPSA) is 55.7 Å². The average Bonchev–Trinajstić information content (AvgIpc) is 2.72. The quantitative estimate of drug-likeness (QED) is 0.706. The van der Waals surface area contributed by atoms with E-state index in [1.54, 1.807) is 18.2 Å². The van der Waals surface area contributed by atoms with Gasteiger partial charge in [0.25, 0.3) is 0 Å². The highest BCUT2D eigenvalue weighted by molar-refractivity contribution is 6.36. The molecule has 1 aliphatic carbocycles. The summed E-state index contributed by atoms with van der Waals surface area (Å²) in [6, 6.07) is 4.96. The minimum absolute atomic E-state index is 0.0299. The fourth-order valence-electron chi connectivity index (χ4n) is 3.45. The Kier molecular flexibility index (Phi) is 4.47. The molecule has 23 heavy (non-hydrogen) atoms. The van der Waals surface area contributed by atoms with Crippen LogP contribution in [0, 0.1) is 0 Å². The van der Waals surface area contributed by atoms with Gasteiger partial charge in [-0.2, -0.15) is 0 Å². The van der Waals surface area contributed by atoms with E-state index in [2.05, 4.69) is 4.99 Å². The molecular formula is C17H17Cl2NO3. The molecule has 0 N–H and O–H groups in total. The van der Waals surface area contributed by atoms with E-state index in [-0.39, 0.29) is 11.7 Å². The van der Waals surface area contributed by atoms with E-state index in [4.69, 9.17) is 27.9 Å². The Morgan fingerprint density at radius 1 is 1.26 bits per heavy atom. The molecule has 0 amide bonds. The molecule has 1 fully saturated rings. The molecule has 6 heteroatoms. The van der Waals surface area contributed by atoms with Crippen LogP contribution in [0.1, 0.15) is 50.5 Å². The molecule has 1 aromatic carbocycles. The van der Waals surface area contributed by atoms with Crippen molar-refractivity contribution in [3.05, 3.63) is 33.8 Å². The minimum atomic E-state index is -0.767. The number of halogens is 2. The largest absolute Gasteiger partial charge is 0.411 e. The van der Waals surface area contributed by atoms with Crippen LogP contribution in [0.4, 0.5) is 0 Å². The van der Waals surface area contributed by atoms with Crippen LogP contribution in [0.2, 0.25) is 10.0 Å². The van der Waals surface area contributed by atoms with Crippen LogP contribution in [0.3, 0.4) is 0 Å². The fraction of sp³-hybridized carbons (Fsp3) is 0.471. The Bertz CT molecular complexity index is 693. The third-order valence-electron chi connectivity index (χ3n) is 4.49. The first-order valence-corrected chi connectivity index (χ1v) is 8.46. The van der Waals surface area contributed by atoms with E-state index in [0.717, 1.165) is 19.3 Å². The minimum Gasteiger partial charge on any atom is -0.411 e. The molecule has 2 aliphatic rings. The summed E-state index contributed by atoms with van der Waals surface area (Å²) in [5.74, 6) is -1.09. The van der Waals surface area contributed by atoms with Gasteiger partial charge in [0, 0.05) is 17.0 Å². The van der Waals surface area contributed by atoms with Gasteiger partial charge >= 0.3 is 5.97 Å². The summed E-state index contributed by atoms with van der Waals surface area (Å²) in [5.41, 5.74) is -0.181. The predicted molar refractivity (Wildman–Crippen MR) is 89.2 cm³/mol. The summed E-state index contributed by atoms with van der Waals surface area (Å²) in [5, 5.41) is 0.867. The summed E-state index contributed by atoms with van der Waals surface area (Å²) in [6.07, 6.45) is 4.38. The normalized spacial score (nSPS) is 23.0. The summed E-state index contributed by atoms with van der Waals surface area (Å²) in [4.78, 5) is 29.1. The van der Waals surface area contributed by atoms with E-state index in [0.29, 0.717) is 28.5 Å². The molecular weight excluding hydrogens is 337 g/mol. The van der Waals surface area contributed by atoms with E-state index in [1.807, 2.05) is 0 Å². The predicted octanol–water partition coefficient (Wildman–Crippen LogP) is 4.32. The first kappa shape index (κ1) is 16.5. The summed E-state index contributed by atoms with van der Waals surface area (Å²) in [7, 11) is 0. The summed E-state index contributed by atoms with van der Waals surface area (Å²) < 4.78 is 5.26. The van der Waals surface area contributed by atoms with Crippen LogP contribution in [0.5, 0.6) is 0 Å². The van der Waals surface area contributed by atoms with Crippen molar-refractivity contribution in [2.45, 2.75) is 50.5 Å². The smallest absolute Gasteiger partial charge is 0.309 e. The van der Waals surface area contributed by atoms with Crippen molar-refractivity contribution in [3.8, 4) is 0 Å². The van der Waals surface area contributed by atoms with Gasteiger partial charge < -0.3 is 4.74 Å². The van der Waals surface area contributed by atoms with Crippen molar-refractivity contribution in [2.75, 3.05) is 0 Å². The maximum Gasteiger partial charge on any atom is 0.309 e. The Hall–Kier alpha value is -1.39. The molecule has 1 aromatic rings. The molecule has 122 valence electrons. The average molecular weight is 354 g/mol. The molecule has 0 radical (unpaired) electrons. The van der Waals surface area contributed by atoms with Crippen LogP contribution in [0.15, 0.2) is 23.2 Å². The lowest BCUT2D eigenvalue weighted by Gasteiger charge is -2.29. The monoisotopic (exact) mass is 353 g/mol. The van der Waals surface area contributed by atoms with E-state index >= 15 is 0 Å². The van der Waals surface area contributed by atoms with Gasteiger partial charge in [-0.15, -0.1) is 0 Å². The van der Waals surface area contributed by atoms with Gasteiger partial charge in [0.2, 0.25) is 5.90 Å². The van der Waals surface area contributed by atoms with Crippen molar-refractivity contribution in [1.82, 2.24) is 0 Å². The molecule has 0 bridgehead atoms. The van der Waals surface area contributed by atoms with E-state index in [1.165, 1.54) is 6.92 Å². The second kappa shape index (κ2) is 6.25. The molecule has 1 unspecified atom stereocenters. The molecule has 1 heterocycles. The number of ether oxygens (including phenoxy) is 1. The Morgan fingerprint density at radius 3 is 2.57 bits per heavy atom. The van der Waals surface area contributed by atoms with Crippen LogP contribution < -0.4 is 0 Å². The van der Waals surface area contributed by atoms with Gasteiger partial charge in [-0.3, -0.25) is 9.59 Å². The van der Waals surface area contributed by atoms with Gasteiger partial charge in [-0.05, 0) is 30.5 Å². The number of Topliss-reactive ketones (excluding diaryl/α,β-unsaturated/α-hetero) is 1. The van der Waals surface area contributed by atoms with Crippen LogP contribution >= 0.6 is 23.2 Å². The molecule has 0 aromatic heterocycles. The van der Waals surface area contributed by atoms with Gasteiger partial charge in [0.15, 0.2) is 5.78 Å². The lowest BCUT2D eigenvalue weighted by atomic mass is 9.76. The molecule has 0 saturated heterocycles. The zero-order valence-electron chi connectivity index (χ0n) is 12.8. The highest BCUT2D eigenvalue weighted by atomic mass is 35.5. The maximum absolute atomic E-state index is 13.1. The number of nitrogens with zero attached hydrogens (tertiary/aromatic N) is 1. The SMILES string of the molecule is CC(=O)OC1=NC2(CCCCC2)C(=O)C1c1ccc(Cl)cc1Cl. The number of hydrogen-bond donors (Lipinski definition) is 0. The number of aliphatic imine (C=N–C) groups is 1.